The Balaban J connectivity index is 3.08. The smallest absolute Gasteiger partial charge is 0.302 e. The van der Waals surface area contributed by atoms with Gasteiger partial charge >= 0.3 is 5.91 Å². The lowest BCUT2D eigenvalue weighted by atomic mass is 10.3. The van der Waals surface area contributed by atoms with E-state index >= 15 is 0 Å². The molecule has 0 aliphatic heterocycles. The minimum atomic E-state index is -0.703. The number of amidine groups is 1. The summed E-state index contributed by atoms with van der Waals surface area (Å²) >= 11 is 0. The highest BCUT2D eigenvalue weighted by atomic mass is 16.3. The van der Waals surface area contributed by atoms with Gasteiger partial charge in [0, 0.05) is 0 Å². The zero-order valence-corrected chi connectivity index (χ0v) is 7.90. The average molecular weight is 204 g/mol. The molecule has 0 bridgehead atoms. The van der Waals surface area contributed by atoms with Crippen LogP contribution in [-0.2, 0) is 0 Å². The number of hydrogen-bond donors (Lipinski definition) is 3. The summed E-state index contributed by atoms with van der Waals surface area (Å²) in [6.45, 7) is 8.08. The molecule has 1 heterocycles. The number of rotatable bonds is 1. The summed E-state index contributed by atoms with van der Waals surface area (Å²) in [5, 5.41) is 18.5. The maximum atomic E-state index is 11.4. The van der Waals surface area contributed by atoms with Crippen LogP contribution >= 0.6 is 0 Å². The fraction of sp³-hybridized carbons (Fsp3) is 0.111. The van der Waals surface area contributed by atoms with E-state index in [1.165, 1.54) is 19.1 Å². The van der Waals surface area contributed by atoms with Crippen molar-refractivity contribution >= 4 is 17.6 Å². The molecule has 0 spiro atoms. The van der Waals surface area contributed by atoms with Crippen LogP contribution in [0.25, 0.3) is 4.85 Å². The van der Waals surface area contributed by atoms with E-state index < -0.39 is 5.91 Å². The van der Waals surface area contributed by atoms with Gasteiger partial charge in [-0.25, -0.2) is 0 Å². The van der Waals surface area contributed by atoms with Gasteiger partial charge in [-0.2, -0.15) is 0 Å². The molecular formula is C9H8N4O2. The minimum Gasteiger partial charge on any atom is -0.504 e. The van der Waals surface area contributed by atoms with E-state index in [2.05, 4.69) is 15.1 Å². The molecular weight excluding hydrogens is 196 g/mol. The van der Waals surface area contributed by atoms with Crippen molar-refractivity contribution in [2.75, 3.05) is 0 Å². The fourth-order valence-electron chi connectivity index (χ4n) is 0.900. The van der Waals surface area contributed by atoms with Crippen LogP contribution in [0, 0.1) is 12.0 Å². The van der Waals surface area contributed by atoms with E-state index in [4.69, 9.17) is 12.0 Å². The predicted molar refractivity (Wildman–Crippen MR) is 53.0 cm³/mol. The number of hydrogen-bond acceptors (Lipinski definition) is 4. The van der Waals surface area contributed by atoms with Crippen LogP contribution in [0.15, 0.2) is 12.1 Å². The monoisotopic (exact) mass is 204 g/mol. The van der Waals surface area contributed by atoms with Crippen molar-refractivity contribution in [3.63, 3.8) is 0 Å². The topological polar surface area (TPSA) is 90.4 Å². The van der Waals surface area contributed by atoms with Crippen molar-refractivity contribution in [3.05, 3.63) is 29.2 Å². The molecule has 76 valence electrons. The Kier molecular flexibility index (Phi) is 2.98. The lowest BCUT2D eigenvalue weighted by molar-refractivity contribution is 0.0969. The van der Waals surface area contributed by atoms with Crippen LogP contribution in [0.3, 0.4) is 0 Å². The van der Waals surface area contributed by atoms with Crippen LogP contribution in [0.4, 0.5) is 5.82 Å². The maximum absolute atomic E-state index is 11.4. The first kappa shape index (κ1) is 10.7. The van der Waals surface area contributed by atoms with Gasteiger partial charge in [0.05, 0.1) is 5.84 Å². The number of carbonyl (C=O) groups is 1. The predicted octanol–water partition coefficient (Wildman–Crippen LogP) is 1.06. The zero-order chi connectivity index (χ0) is 11.4. The first-order chi connectivity index (χ1) is 7.04. The summed E-state index contributed by atoms with van der Waals surface area (Å²) in [5.41, 5.74) is -0.255. The van der Waals surface area contributed by atoms with Crippen molar-refractivity contribution in [1.82, 2.24) is 10.3 Å². The molecule has 0 fully saturated rings. The number of aromatic hydroxyl groups is 1. The molecule has 6 nitrogen and oxygen atoms in total. The van der Waals surface area contributed by atoms with Gasteiger partial charge in [0.25, 0.3) is 11.5 Å². The van der Waals surface area contributed by atoms with E-state index in [1.54, 1.807) is 0 Å². The van der Waals surface area contributed by atoms with E-state index in [0.717, 1.165) is 0 Å². The van der Waals surface area contributed by atoms with E-state index in [0.29, 0.717) is 0 Å². The number of nitrogens with one attached hydrogen (secondary N) is 2. The van der Waals surface area contributed by atoms with Crippen molar-refractivity contribution in [2.45, 2.75) is 6.92 Å². The lowest BCUT2D eigenvalue weighted by Gasteiger charge is -2.01. The van der Waals surface area contributed by atoms with Crippen LogP contribution in [0.5, 0.6) is 5.75 Å². The Morgan fingerprint density at radius 2 is 2.33 bits per heavy atom. The van der Waals surface area contributed by atoms with E-state index in [9.17, 15) is 9.90 Å². The lowest BCUT2D eigenvalue weighted by Crippen LogP contribution is -2.28. The Morgan fingerprint density at radius 3 is 2.87 bits per heavy atom. The summed E-state index contributed by atoms with van der Waals surface area (Å²) in [4.78, 5) is 18.0. The van der Waals surface area contributed by atoms with Crippen LogP contribution in [0.2, 0.25) is 0 Å². The van der Waals surface area contributed by atoms with Crippen molar-refractivity contribution < 1.29 is 9.90 Å². The summed E-state index contributed by atoms with van der Waals surface area (Å²) in [7, 11) is 0. The SMILES string of the molecule is [C-]#[N+]c1ccc(O)c(C(=O)NC(C)=N)n1. The van der Waals surface area contributed by atoms with Gasteiger partial charge in [-0.3, -0.25) is 10.2 Å². The molecule has 0 aromatic carbocycles. The summed E-state index contributed by atoms with van der Waals surface area (Å²) in [6.07, 6.45) is 0. The van der Waals surface area contributed by atoms with Gasteiger partial charge in [-0.1, -0.05) is 6.57 Å². The molecule has 6 heteroatoms. The molecule has 0 unspecified atom stereocenters. The normalized spacial score (nSPS) is 9.07. The van der Waals surface area contributed by atoms with Gasteiger partial charge in [0.2, 0.25) is 0 Å². The standard InChI is InChI=1S/C9H8N4O2/c1-5(10)12-9(15)8-6(14)3-4-7(11-2)13-8/h3-4,14H,1H3,(H2,10,12,15). The Labute approximate surface area is 85.9 Å². The first-order valence-electron chi connectivity index (χ1n) is 3.98. The summed E-state index contributed by atoms with van der Waals surface area (Å²) < 4.78 is 0. The molecule has 15 heavy (non-hydrogen) atoms. The second-order valence-electron chi connectivity index (χ2n) is 2.73. The molecule has 3 N–H and O–H groups in total. The third kappa shape index (κ3) is 2.51. The molecule has 0 aliphatic carbocycles. The molecule has 0 saturated carbocycles. The summed E-state index contributed by atoms with van der Waals surface area (Å²) in [6, 6.07) is 2.52. The second-order valence-corrected chi connectivity index (χ2v) is 2.73. The Morgan fingerprint density at radius 1 is 1.67 bits per heavy atom. The third-order valence-electron chi connectivity index (χ3n) is 1.49. The highest BCUT2D eigenvalue weighted by molar-refractivity contribution is 6.05. The second kappa shape index (κ2) is 4.19. The van der Waals surface area contributed by atoms with Gasteiger partial charge in [0.15, 0.2) is 5.75 Å². The van der Waals surface area contributed by atoms with Crippen LogP contribution in [0.1, 0.15) is 17.4 Å². The molecule has 1 aromatic heterocycles. The molecule has 1 amide bonds. The van der Waals surface area contributed by atoms with Gasteiger partial charge in [-0.15, -0.1) is 4.98 Å². The van der Waals surface area contributed by atoms with Crippen molar-refractivity contribution in [1.29, 1.82) is 5.41 Å². The number of nitrogens with zero attached hydrogens (tertiary/aromatic N) is 2. The molecule has 0 aliphatic rings. The minimum absolute atomic E-state index is 0.0144. The zero-order valence-electron chi connectivity index (χ0n) is 7.90. The Bertz CT molecular complexity index is 462. The average Bonchev–Trinajstić information content (AvgIpc) is 2.17. The molecule has 0 saturated heterocycles. The highest BCUT2D eigenvalue weighted by Crippen LogP contribution is 2.18. The van der Waals surface area contributed by atoms with Gasteiger partial charge in [0.1, 0.15) is 0 Å². The van der Waals surface area contributed by atoms with Crippen molar-refractivity contribution in [2.24, 2.45) is 0 Å². The third-order valence-corrected chi connectivity index (χ3v) is 1.49. The number of aromatic nitrogens is 1. The van der Waals surface area contributed by atoms with Crippen molar-refractivity contribution in [3.8, 4) is 5.75 Å². The molecule has 0 atom stereocenters. The van der Waals surface area contributed by atoms with E-state index in [1.807, 2.05) is 0 Å². The number of amides is 1. The van der Waals surface area contributed by atoms with Gasteiger partial charge < -0.3 is 15.3 Å². The van der Waals surface area contributed by atoms with Crippen LogP contribution < -0.4 is 5.32 Å². The Hall–Kier alpha value is -2.42. The van der Waals surface area contributed by atoms with Gasteiger partial charge in [-0.05, 0) is 19.1 Å². The maximum Gasteiger partial charge on any atom is 0.302 e. The van der Waals surface area contributed by atoms with Crippen LogP contribution in [-0.4, -0.2) is 21.8 Å². The number of carbonyl (C=O) groups excluding carboxylic acids is 1. The highest BCUT2D eigenvalue weighted by Gasteiger charge is 2.17. The molecule has 0 radical (unpaired) electrons. The largest absolute Gasteiger partial charge is 0.504 e. The number of pyridine rings is 1. The quantitative estimate of drug-likeness (QED) is 0.363. The fourth-order valence-corrected chi connectivity index (χ4v) is 0.900. The molecule has 1 aromatic rings. The van der Waals surface area contributed by atoms with E-state index in [-0.39, 0.29) is 23.1 Å². The first-order valence-corrected chi connectivity index (χ1v) is 3.98. The summed E-state index contributed by atoms with van der Waals surface area (Å²) in [5.74, 6) is -1.07. The molecule has 1 rings (SSSR count).